The topological polar surface area (TPSA) is 76.2 Å². The molecule has 0 unspecified atom stereocenters. The first-order valence-corrected chi connectivity index (χ1v) is 7.69. The highest BCUT2D eigenvalue weighted by molar-refractivity contribution is 5.61. The smallest absolute Gasteiger partial charge is 0.201 e. The van der Waals surface area contributed by atoms with Crippen LogP contribution in [0.1, 0.15) is 17.8 Å². The summed E-state index contributed by atoms with van der Waals surface area (Å²) < 4.78 is 11.2. The van der Waals surface area contributed by atoms with Gasteiger partial charge in [-0.15, -0.1) is 10.2 Å². The number of nitrogens with zero attached hydrogens (tertiary/aromatic N) is 4. The Hall–Kier alpha value is -2.41. The van der Waals surface area contributed by atoms with Gasteiger partial charge in [-0.25, -0.2) is 0 Å². The number of aryl methyl sites for hydroxylation is 1. The maximum atomic E-state index is 5.88. The molecule has 1 aliphatic rings. The molecule has 1 aromatic carbocycles. The number of rotatable bonds is 6. The number of aromatic amines is 1. The summed E-state index contributed by atoms with van der Waals surface area (Å²) in [5.74, 6) is 2.23. The van der Waals surface area contributed by atoms with Gasteiger partial charge >= 0.3 is 0 Å². The van der Waals surface area contributed by atoms with Gasteiger partial charge in [0.05, 0.1) is 7.11 Å². The third-order valence-corrected chi connectivity index (χ3v) is 3.85. The summed E-state index contributed by atoms with van der Waals surface area (Å²) in [6.45, 7) is 5.31. The Kier molecular flexibility index (Phi) is 4.87. The second-order valence-electron chi connectivity index (χ2n) is 5.53. The van der Waals surface area contributed by atoms with E-state index in [2.05, 4.69) is 31.6 Å². The van der Waals surface area contributed by atoms with Crippen molar-refractivity contribution in [3.05, 3.63) is 35.7 Å². The Labute approximate surface area is 135 Å². The number of H-pyrrole nitrogens is 1. The molecule has 3 rings (SSSR count). The Morgan fingerprint density at radius 2 is 2.22 bits per heavy atom. The van der Waals surface area contributed by atoms with Crippen LogP contribution in [0.25, 0.3) is 5.57 Å². The largest absolute Gasteiger partial charge is 0.493 e. The molecule has 0 radical (unpaired) electrons. The van der Waals surface area contributed by atoms with Crippen LogP contribution in [-0.4, -0.2) is 58.9 Å². The molecule has 1 aromatic heterocycles. The molecule has 0 spiro atoms. The highest BCUT2D eigenvalue weighted by Gasteiger charge is 2.16. The second kappa shape index (κ2) is 7.23. The molecule has 1 aliphatic heterocycles. The lowest BCUT2D eigenvalue weighted by molar-refractivity contribution is 0.217. The Balaban J connectivity index is 1.52. The molecule has 23 heavy (non-hydrogen) atoms. The number of tetrazole rings is 1. The van der Waals surface area contributed by atoms with Gasteiger partial charge in [-0.1, -0.05) is 12.1 Å². The van der Waals surface area contributed by atoms with Crippen LogP contribution in [0.15, 0.2) is 24.3 Å². The molecule has 0 bridgehead atoms. The Morgan fingerprint density at radius 1 is 1.30 bits per heavy atom. The molecule has 122 valence electrons. The van der Waals surface area contributed by atoms with E-state index in [0.717, 1.165) is 48.7 Å². The molecular weight excluding hydrogens is 294 g/mol. The zero-order valence-corrected chi connectivity index (χ0v) is 13.5. The monoisotopic (exact) mass is 315 g/mol. The third-order valence-electron chi connectivity index (χ3n) is 3.85. The molecule has 0 atom stereocenters. The lowest BCUT2D eigenvalue weighted by Crippen LogP contribution is -2.33. The number of aromatic nitrogens is 4. The number of ether oxygens (including phenoxy) is 2. The summed E-state index contributed by atoms with van der Waals surface area (Å²) in [5.41, 5.74) is 2.26. The van der Waals surface area contributed by atoms with Crippen molar-refractivity contribution in [2.45, 2.75) is 13.3 Å². The van der Waals surface area contributed by atoms with Gasteiger partial charge < -0.3 is 9.47 Å². The van der Waals surface area contributed by atoms with Gasteiger partial charge in [0.25, 0.3) is 0 Å². The Bertz CT molecular complexity index is 669. The predicted octanol–water partition coefficient (Wildman–Crippen LogP) is 1.68. The van der Waals surface area contributed by atoms with Crippen molar-refractivity contribution in [2.24, 2.45) is 0 Å². The van der Waals surface area contributed by atoms with Gasteiger partial charge in [-0.3, -0.25) is 4.90 Å². The quantitative estimate of drug-likeness (QED) is 0.874. The van der Waals surface area contributed by atoms with Crippen LogP contribution < -0.4 is 9.47 Å². The summed E-state index contributed by atoms with van der Waals surface area (Å²) in [5, 5.41) is 14.2. The van der Waals surface area contributed by atoms with Gasteiger partial charge in [0.2, 0.25) is 5.82 Å². The summed E-state index contributed by atoms with van der Waals surface area (Å²) >= 11 is 0. The fourth-order valence-electron chi connectivity index (χ4n) is 2.64. The van der Waals surface area contributed by atoms with Crippen molar-refractivity contribution in [3.8, 4) is 11.5 Å². The molecule has 0 saturated heterocycles. The number of methoxy groups -OCH3 is 1. The highest BCUT2D eigenvalue weighted by atomic mass is 16.5. The predicted molar refractivity (Wildman–Crippen MR) is 86.4 cm³/mol. The minimum atomic E-state index is 0.610. The number of hydrogen-bond acceptors (Lipinski definition) is 6. The van der Waals surface area contributed by atoms with E-state index in [-0.39, 0.29) is 0 Å². The van der Waals surface area contributed by atoms with Crippen LogP contribution in [-0.2, 0) is 0 Å². The summed E-state index contributed by atoms with van der Waals surface area (Å²) in [7, 11) is 1.66. The van der Waals surface area contributed by atoms with Gasteiger partial charge in [-0.2, -0.15) is 5.21 Å². The maximum absolute atomic E-state index is 5.88. The van der Waals surface area contributed by atoms with Crippen LogP contribution >= 0.6 is 0 Å². The molecule has 0 fully saturated rings. The van der Waals surface area contributed by atoms with Crippen molar-refractivity contribution in [1.29, 1.82) is 0 Å². The third kappa shape index (κ3) is 3.87. The van der Waals surface area contributed by atoms with Gasteiger partial charge in [0.15, 0.2) is 11.5 Å². The zero-order chi connectivity index (χ0) is 16.1. The van der Waals surface area contributed by atoms with E-state index >= 15 is 0 Å². The van der Waals surface area contributed by atoms with Crippen LogP contribution in [0.4, 0.5) is 0 Å². The molecule has 1 N–H and O–H groups in total. The standard InChI is InChI=1S/C16H21N5O2/c1-12-5-6-14(15(10-12)22-2)23-9-8-21-7-3-4-13(11-21)16-17-19-20-18-16/h4-6,10H,3,7-9,11H2,1-2H3,(H,17,18,19,20). The fourth-order valence-corrected chi connectivity index (χ4v) is 2.64. The van der Waals surface area contributed by atoms with Gasteiger partial charge in [0.1, 0.15) is 6.61 Å². The fraction of sp³-hybridized carbons (Fsp3) is 0.438. The Morgan fingerprint density at radius 3 is 3.00 bits per heavy atom. The minimum Gasteiger partial charge on any atom is -0.493 e. The van der Waals surface area contributed by atoms with Crippen molar-refractivity contribution >= 4 is 5.57 Å². The summed E-state index contributed by atoms with van der Waals surface area (Å²) in [6, 6.07) is 5.96. The van der Waals surface area contributed by atoms with Gasteiger partial charge in [-0.05, 0) is 36.3 Å². The average molecular weight is 315 g/mol. The first-order valence-electron chi connectivity index (χ1n) is 7.69. The first kappa shape index (κ1) is 15.5. The summed E-state index contributed by atoms with van der Waals surface area (Å²) in [6.07, 6.45) is 3.16. The van der Waals surface area contributed by atoms with E-state index in [1.807, 2.05) is 25.1 Å². The molecule has 0 amide bonds. The molecule has 7 heteroatoms. The maximum Gasteiger partial charge on any atom is 0.201 e. The van der Waals surface area contributed by atoms with Crippen molar-refractivity contribution in [2.75, 3.05) is 33.4 Å². The van der Waals surface area contributed by atoms with Crippen LogP contribution in [0.5, 0.6) is 11.5 Å². The van der Waals surface area contributed by atoms with Crippen molar-refractivity contribution in [3.63, 3.8) is 0 Å². The second-order valence-corrected chi connectivity index (χ2v) is 5.53. The number of hydrogen-bond donors (Lipinski definition) is 1. The zero-order valence-electron chi connectivity index (χ0n) is 13.5. The number of nitrogens with one attached hydrogen (secondary N) is 1. The van der Waals surface area contributed by atoms with Gasteiger partial charge in [0, 0.05) is 25.2 Å². The lowest BCUT2D eigenvalue weighted by Gasteiger charge is -2.26. The summed E-state index contributed by atoms with van der Waals surface area (Å²) in [4.78, 5) is 2.33. The van der Waals surface area contributed by atoms with Crippen LogP contribution in [0.2, 0.25) is 0 Å². The van der Waals surface area contributed by atoms with Crippen molar-refractivity contribution < 1.29 is 9.47 Å². The van der Waals surface area contributed by atoms with E-state index in [0.29, 0.717) is 12.4 Å². The average Bonchev–Trinajstić information content (AvgIpc) is 3.11. The first-order chi connectivity index (χ1) is 11.3. The van der Waals surface area contributed by atoms with E-state index in [1.165, 1.54) is 0 Å². The molecular formula is C16H21N5O2. The highest BCUT2D eigenvalue weighted by Crippen LogP contribution is 2.27. The SMILES string of the molecule is COc1cc(C)ccc1OCCN1CCC=C(c2nn[nH]n2)C1. The number of benzene rings is 1. The van der Waals surface area contributed by atoms with E-state index in [4.69, 9.17) is 9.47 Å². The molecule has 2 aromatic rings. The minimum absolute atomic E-state index is 0.610. The van der Waals surface area contributed by atoms with Crippen LogP contribution in [0.3, 0.4) is 0 Å². The molecule has 0 saturated carbocycles. The molecule has 0 aliphatic carbocycles. The van der Waals surface area contributed by atoms with E-state index < -0.39 is 0 Å². The molecule has 7 nitrogen and oxygen atoms in total. The van der Waals surface area contributed by atoms with Crippen LogP contribution in [0, 0.1) is 6.92 Å². The van der Waals surface area contributed by atoms with Crippen molar-refractivity contribution in [1.82, 2.24) is 25.5 Å². The molecule has 2 heterocycles. The lowest BCUT2D eigenvalue weighted by atomic mass is 10.1. The van der Waals surface area contributed by atoms with E-state index in [9.17, 15) is 0 Å². The normalized spacial score (nSPS) is 15.3. The van der Waals surface area contributed by atoms with E-state index in [1.54, 1.807) is 7.11 Å².